The molecule has 2 N–H and O–H groups in total. The second-order valence-corrected chi connectivity index (χ2v) is 4.65. The zero-order chi connectivity index (χ0) is 15.2. The van der Waals surface area contributed by atoms with E-state index in [1.165, 1.54) is 0 Å². The predicted molar refractivity (Wildman–Crippen MR) is 82.9 cm³/mol. The van der Waals surface area contributed by atoms with Crippen molar-refractivity contribution < 1.29 is 9.47 Å². The molecule has 0 aliphatic rings. The van der Waals surface area contributed by atoms with Crippen molar-refractivity contribution >= 4 is 11.8 Å². The number of nitrogens with two attached hydrogens (primary N) is 1. The fourth-order valence-corrected chi connectivity index (χ4v) is 1.92. The lowest BCUT2D eigenvalue weighted by Crippen LogP contribution is -2.25. The highest BCUT2D eigenvalue weighted by atomic mass is 16.5. The molecule has 0 radical (unpaired) electrons. The third kappa shape index (κ3) is 3.98. The lowest BCUT2D eigenvalue weighted by molar-refractivity contribution is 0.301. The number of aromatic nitrogens is 2. The van der Waals surface area contributed by atoms with E-state index in [9.17, 15) is 0 Å². The van der Waals surface area contributed by atoms with Crippen LogP contribution in [0.1, 0.15) is 5.69 Å². The maximum Gasteiger partial charge on any atom is 0.222 e. The maximum atomic E-state index is 5.74. The van der Waals surface area contributed by atoms with Gasteiger partial charge in [-0.25, -0.2) is 4.98 Å². The summed E-state index contributed by atoms with van der Waals surface area (Å²) in [4.78, 5) is 10.2. The van der Waals surface area contributed by atoms with E-state index in [4.69, 9.17) is 15.2 Å². The minimum Gasteiger partial charge on any atom is -0.493 e. The molecule has 0 amide bonds. The van der Waals surface area contributed by atoms with Crippen LogP contribution in [0.5, 0.6) is 11.5 Å². The molecule has 1 heterocycles. The van der Waals surface area contributed by atoms with Gasteiger partial charge in [-0.2, -0.15) is 4.98 Å². The molecule has 0 saturated carbocycles. The number of ether oxygens (including phenoxy) is 2. The van der Waals surface area contributed by atoms with Crippen molar-refractivity contribution in [1.29, 1.82) is 0 Å². The number of benzene rings is 1. The Morgan fingerprint density at radius 3 is 2.57 bits per heavy atom. The molecule has 6 nitrogen and oxygen atoms in total. The van der Waals surface area contributed by atoms with Gasteiger partial charge in [0.2, 0.25) is 5.95 Å². The first-order valence-corrected chi connectivity index (χ1v) is 6.68. The van der Waals surface area contributed by atoms with E-state index in [0.29, 0.717) is 13.2 Å². The summed E-state index contributed by atoms with van der Waals surface area (Å²) >= 11 is 0. The standard InChI is InChI=1S/C15H20N4O2/c1-11-10-14(18-15(16)17-11)19(2)8-9-21-13-7-5-4-6-12(13)20-3/h4-7,10H,8-9H2,1-3H3,(H2,16,17,18). The zero-order valence-electron chi connectivity index (χ0n) is 12.5. The molecule has 0 saturated heterocycles. The molecule has 0 aliphatic carbocycles. The van der Waals surface area contributed by atoms with Gasteiger partial charge >= 0.3 is 0 Å². The number of hydrogen-bond acceptors (Lipinski definition) is 6. The van der Waals surface area contributed by atoms with Gasteiger partial charge in [0.05, 0.1) is 13.7 Å². The minimum absolute atomic E-state index is 0.280. The molecule has 112 valence electrons. The largest absolute Gasteiger partial charge is 0.493 e. The van der Waals surface area contributed by atoms with Crippen LogP contribution in [0, 0.1) is 6.92 Å². The van der Waals surface area contributed by atoms with Crippen LogP contribution < -0.4 is 20.1 Å². The van der Waals surface area contributed by atoms with Gasteiger partial charge in [-0.15, -0.1) is 0 Å². The van der Waals surface area contributed by atoms with Crippen molar-refractivity contribution in [2.75, 3.05) is 37.9 Å². The molecule has 0 aliphatic heterocycles. The topological polar surface area (TPSA) is 73.5 Å². The first kappa shape index (κ1) is 14.9. The molecule has 0 atom stereocenters. The number of nitrogens with zero attached hydrogens (tertiary/aromatic N) is 3. The Morgan fingerprint density at radius 1 is 1.19 bits per heavy atom. The highest BCUT2D eigenvalue weighted by Gasteiger charge is 2.07. The van der Waals surface area contributed by atoms with Crippen LogP contribution in [0.15, 0.2) is 30.3 Å². The van der Waals surface area contributed by atoms with E-state index in [1.54, 1.807) is 7.11 Å². The summed E-state index contributed by atoms with van der Waals surface area (Å²) in [5.74, 6) is 2.51. The third-order valence-corrected chi connectivity index (χ3v) is 3.00. The van der Waals surface area contributed by atoms with Crippen molar-refractivity contribution in [3.05, 3.63) is 36.0 Å². The second-order valence-electron chi connectivity index (χ2n) is 4.65. The third-order valence-electron chi connectivity index (χ3n) is 3.00. The molecule has 21 heavy (non-hydrogen) atoms. The Balaban J connectivity index is 1.93. The number of para-hydroxylation sites is 2. The summed E-state index contributed by atoms with van der Waals surface area (Å²) in [5, 5.41) is 0. The summed E-state index contributed by atoms with van der Waals surface area (Å²) in [6.45, 7) is 3.08. The maximum absolute atomic E-state index is 5.74. The van der Waals surface area contributed by atoms with Crippen molar-refractivity contribution in [3.8, 4) is 11.5 Å². The SMILES string of the molecule is COc1ccccc1OCCN(C)c1cc(C)nc(N)n1. The minimum atomic E-state index is 0.280. The molecule has 0 bridgehead atoms. The predicted octanol–water partition coefficient (Wildman–Crippen LogP) is 1.89. The van der Waals surface area contributed by atoms with Gasteiger partial charge in [-0.05, 0) is 19.1 Å². The van der Waals surface area contributed by atoms with Crippen LogP contribution in [0.3, 0.4) is 0 Å². The Morgan fingerprint density at radius 2 is 1.90 bits per heavy atom. The van der Waals surface area contributed by atoms with Gasteiger partial charge in [0.1, 0.15) is 12.4 Å². The van der Waals surface area contributed by atoms with Gasteiger partial charge in [-0.3, -0.25) is 0 Å². The molecular formula is C15H20N4O2. The van der Waals surface area contributed by atoms with Gasteiger partial charge in [0.15, 0.2) is 11.5 Å². The van der Waals surface area contributed by atoms with Crippen molar-refractivity contribution in [2.24, 2.45) is 0 Å². The first-order valence-electron chi connectivity index (χ1n) is 6.68. The van der Waals surface area contributed by atoms with Crippen LogP contribution in [0.2, 0.25) is 0 Å². The van der Waals surface area contributed by atoms with E-state index in [2.05, 4.69) is 9.97 Å². The number of hydrogen-bond donors (Lipinski definition) is 1. The van der Waals surface area contributed by atoms with E-state index >= 15 is 0 Å². The van der Waals surface area contributed by atoms with E-state index in [-0.39, 0.29) is 5.95 Å². The normalized spacial score (nSPS) is 10.2. The first-order chi connectivity index (χ1) is 10.1. The van der Waals surface area contributed by atoms with E-state index < -0.39 is 0 Å². The van der Waals surface area contributed by atoms with Crippen LogP contribution in [0.25, 0.3) is 0 Å². The van der Waals surface area contributed by atoms with Crippen LogP contribution >= 0.6 is 0 Å². The number of aryl methyl sites for hydroxylation is 1. The monoisotopic (exact) mass is 288 g/mol. The second kappa shape index (κ2) is 6.78. The summed E-state index contributed by atoms with van der Waals surface area (Å²) in [6.07, 6.45) is 0. The number of methoxy groups -OCH3 is 1. The number of anilines is 2. The van der Waals surface area contributed by atoms with Crippen molar-refractivity contribution in [2.45, 2.75) is 6.92 Å². The fourth-order valence-electron chi connectivity index (χ4n) is 1.92. The van der Waals surface area contributed by atoms with Gasteiger partial charge in [0, 0.05) is 18.8 Å². The summed E-state index contributed by atoms with van der Waals surface area (Å²) < 4.78 is 11.0. The number of rotatable bonds is 6. The highest BCUT2D eigenvalue weighted by Crippen LogP contribution is 2.25. The zero-order valence-corrected chi connectivity index (χ0v) is 12.5. The van der Waals surface area contributed by atoms with Crippen LogP contribution in [-0.4, -0.2) is 37.3 Å². The van der Waals surface area contributed by atoms with Crippen LogP contribution in [0.4, 0.5) is 11.8 Å². The number of nitrogen functional groups attached to an aromatic ring is 1. The average Bonchev–Trinajstić information content (AvgIpc) is 2.46. The summed E-state index contributed by atoms with van der Waals surface area (Å²) in [6, 6.07) is 9.46. The Hall–Kier alpha value is -2.50. The molecule has 2 aromatic rings. The van der Waals surface area contributed by atoms with Crippen molar-refractivity contribution in [3.63, 3.8) is 0 Å². The number of likely N-dealkylation sites (N-methyl/N-ethyl adjacent to an activating group) is 1. The van der Waals surface area contributed by atoms with Crippen LogP contribution in [-0.2, 0) is 0 Å². The smallest absolute Gasteiger partial charge is 0.222 e. The van der Waals surface area contributed by atoms with Gasteiger partial charge < -0.3 is 20.1 Å². The lowest BCUT2D eigenvalue weighted by Gasteiger charge is -2.19. The lowest BCUT2D eigenvalue weighted by atomic mass is 10.3. The molecule has 1 aromatic heterocycles. The molecular weight excluding hydrogens is 268 g/mol. The molecule has 0 fully saturated rings. The Labute approximate surface area is 124 Å². The Bertz CT molecular complexity index is 584. The summed E-state index contributed by atoms with van der Waals surface area (Å²) in [5.41, 5.74) is 6.50. The average molecular weight is 288 g/mol. The molecule has 0 unspecified atom stereocenters. The molecule has 2 rings (SSSR count). The molecule has 1 aromatic carbocycles. The Kier molecular flexibility index (Phi) is 4.81. The quantitative estimate of drug-likeness (QED) is 0.875. The summed E-state index contributed by atoms with van der Waals surface area (Å²) in [7, 11) is 3.56. The van der Waals surface area contributed by atoms with Crippen molar-refractivity contribution in [1.82, 2.24) is 9.97 Å². The van der Waals surface area contributed by atoms with Gasteiger partial charge in [-0.1, -0.05) is 12.1 Å². The van der Waals surface area contributed by atoms with E-state index in [1.807, 2.05) is 49.2 Å². The van der Waals surface area contributed by atoms with Gasteiger partial charge in [0.25, 0.3) is 0 Å². The van der Waals surface area contributed by atoms with E-state index in [0.717, 1.165) is 23.0 Å². The molecule has 0 spiro atoms. The highest BCUT2D eigenvalue weighted by molar-refractivity contribution is 5.42. The fraction of sp³-hybridized carbons (Fsp3) is 0.333. The molecule has 6 heteroatoms.